The van der Waals surface area contributed by atoms with E-state index in [0.29, 0.717) is 46.7 Å². The summed E-state index contributed by atoms with van der Waals surface area (Å²) in [6.07, 6.45) is 7.70. The molecule has 0 saturated carbocycles. The van der Waals surface area contributed by atoms with Gasteiger partial charge in [0.25, 0.3) is 11.1 Å². The highest BCUT2D eigenvalue weighted by molar-refractivity contribution is 5.95. The monoisotopic (exact) mass is 842 g/mol. The lowest BCUT2D eigenvalue weighted by atomic mass is 9.86. The Morgan fingerprint density at radius 2 is 0.968 bits per heavy atom. The zero-order valence-electron chi connectivity index (χ0n) is 35.4. The van der Waals surface area contributed by atoms with E-state index < -0.39 is 47.8 Å². The van der Waals surface area contributed by atoms with Gasteiger partial charge in [0.1, 0.15) is 0 Å². The summed E-state index contributed by atoms with van der Waals surface area (Å²) in [4.78, 5) is 82.2. The molecule has 2 saturated heterocycles. The molecule has 2 aromatic heterocycles. The van der Waals surface area contributed by atoms with Crippen molar-refractivity contribution in [2.24, 2.45) is 23.7 Å². The van der Waals surface area contributed by atoms with Crippen LogP contribution in [0, 0.1) is 23.7 Å². The van der Waals surface area contributed by atoms with Gasteiger partial charge in [0.2, 0.25) is 23.6 Å². The first-order valence-corrected chi connectivity index (χ1v) is 21.3. The van der Waals surface area contributed by atoms with Gasteiger partial charge in [0, 0.05) is 84.9 Å². The van der Waals surface area contributed by atoms with Crippen molar-refractivity contribution in [3.8, 4) is 0 Å². The minimum Gasteiger partial charge on any atom is -0.396 e. The predicted octanol–water partition coefficient (Wildman–Crippen LogP) is 4.84. The van der Waals surface area contributed by atoms with E-state index in [1.54, 1.807) is 93.5 Å². The zero-order valence-corrected chi connectivity index (χ0v) is 35.4. The van der Waals surface area contributed by atoms with Crippen molar-refractivity contribution < 1.29 is 29.4 Å². The van der Waals surface area contributed by atoms with Crippen LogP contribution in [-0.2, 0) is 32.3 Å². The number of allylic oxidation sites excluding steroid dienone is 2. The molecule has 8 atom stereocenters. The van der Waals surface area contributed by atoms with Gasteiger partial charge in [-0.1, -0.05) is 74.5 Å². The summed E-state index contributed by atoms with van der Waals surface area (Å²) in [5, 5.41) is 26.3. The van der Waals surface area contributed by atoms with Gasteiger partial charge in [-0.05, 0) is 62.4 Å². The molecule has 6 heterocycles. The number of para-hydroxylation sites is 2. The molecule has 4 N–H and O–H groups in total. The van der Waals surface area contributed by atoms with Crippen molar-refractivity contribution in [3.63, 3.8) is 0 Å². The number of hydrogen-bond donors (Lipinski definition) is 4. The van der Waals surface area contributed by atoms with Gasteiger partial charge in [-0.3, -0.25) is 28.8 Å². The second kappa shape index (κ2) is 18.7. The maximum Gasteiger partial charge on any atom is 0.258 e. The highest BCUT2D eigenvalue weighted by Crippen LogP contribution is 2.50. The molecule has 4 aromatic rings. The number of pyridine rings is 2. The molecule has 0 unspecified atom stereocenters. The van der Waals surface area contributed by atoms with Crippen LogP contribution in [0.15, 0.2) is 107 Å². The molecule has 14 nitrogen and oxygen atoms in total. The fraction of sp³-hybridized carbons (Fsp3) is 0.375. The lowest BCUT2D eigenvalue weighted by Crippen LogP contribution is -2.49. The number of carbonyl (C=O) groups excluding carboxylic acids is 4. The van der Waals surface area contributed by atoms with Crippen LogP contribution in [0.3, 0.4) is 0 Å². The average molecular weight is 843 g/mol. The fourth-order valence-corrected chi connectivity index (χ4v) is 10.0. The Balaban J connectivity index is 0.000000186. The molecular weight excluding hydrogens is 789 g/mol. The predicted molar refractivity (Wildman–Crippen MR) is 236 cm³/mol. The summed E-state index contributed by atoms with van der Waals surface area (Å²) < 4.78 is 3.34. The summed E-state index contributed by atoms with van der Waals surface area (Å²) >= 11 is 0. The summed E-state index contributed by atoms with van der Waals surface area (Å²) in [6, 6.07) is 23.3. The molecule has 2 aromatic carbocycles. The standard InChI is InChI=1S/2C24H27N3O4/c2*1-3-8-15-11-12-18-22-21(23(30)25-16-9-6-5-7-10-16)17(14-28)19(13-26(18)24(15)31)27(22)20(29)4-2/h2*3,5-12,17,19,21-22,28H,4,13-14H2,1-2H3,(H,25,30)/b8-3+;8-3-/t2*17-,19-,21+,22+/m00/s1. The number of amides is 4. The van der Waals surface area contributed by atoms with E-state index in [4.69, 9.17) is 0 Å². The highest BCUT2D eigenvalue weighted by Gasteiger charge is 2.58. The maximum atomic E-state index is 13.4. The smallest absolute Gasteiger partial charge is 0.258 e. The third-order valence-corrected chi connectivity index (χ3v) is 12.7. The molecule has 4 aliphatic heterocycles. The van der Waals surface area contributed by atoms with E-state index in [-0.39, 0.29) is 61.1 Å². The van der Waals surface area contributed by atoms with Crippen molar-refractivity contribution >= 4 is 47.2 Å². The van der Waals surface area contributed by atoms with Gasteiger partial charge in [0.15, 0.2) is 0 Å². The maximum absolute atomic E-state index is 13.4. The van der Waals surface area contributed by atoms with Crippen LogP contribution < -0.4 is 21.8 Å². The third kappa shape index (κ3) is 7.84. The number of nitrogens with one attached hydrogen (secondary N) is 2. The van der Waals surface area contributed by atoms with E-state index in [0.717, 1.165) is 0 Å². The second-order valence-electron chi connectivity index (χ2n) is 16.0. The molecular formula is C48H54N6O8. The van der Waals surface area contributed by atoms with Gasteiger partial charge in [-0.25, -0.2) is 0 Å². The number of rotatable bonds is 10. The molecule has 4 bridgehead atoms. The van der Waals surface area contributed by atoms with Gasteiger partial charge < -0.3 is 39.8 Å². The molecule has 2 fully saturated rings. The number of carbonyl (C=O) groups is 4. The Hall–Kier alpha value is -6.38. The minimum absolute atomic E-state index is 0.0836. The minimum atomic E-state index is -0.661. The molecule has 4 amide bonds. The van der Waals surface area contributed by atoms with E-state index >= 15 is 0 Å². The third-order valence-electron chi connectivity index (χ3n) is 12.7. The van der Waals surface area contributed by atoms with Crippen molar-refractivity contribution in [1.29, 1.82) is 0 Å². The fourth-order valence-electron chi connectivity index (χ4n) is 10.0. The zero-order chi connectivity index (χ0) is 44.2. The SMILES string of the molecule is C/C=C/c1ccc2n(c1=O)C[C@H]1[C@H](CO)[C@@H](C(=O)Nc3ccccc3)[C@@H]2N1C(=O)CC.C/C=C\c1ccc2n(c1=O)C[C@H]1[C@H](CO)[C@@H](C(=O)Nc3ccccc3)[C@@H]2N1C(=O)CC. The van der Waals surface area contributed by atoms with Crippen LogP contribution in [0.1, 0.15) is 75.1 Å². The molecule has 62 heavy (non-hydrogen) atoms. The molecule has 0 aliphatic carbocycles. The first-order chi connectivity index (χ1) is 30.0. The van der Waals surface area contributed by atoms with E-state index in [1.807, 2.05) is 62.4 Å². The summed E-state index contributed by atoms with van der Waals surface area (Å²) in [5.41, 5.74) is 3.42. The summed E-state index contributed by atoms with van der Waals surface area (Å²) in [7, 11) is 0. The van der Waals surface area contributed by atoms with Gasteiger partial charge in [-0.2, -0.15) is 0 Å². The van der Waals surface area contributed by atoms with Crippen molar-refractivity contribution in [2.75, 3.05) is 23.8 Å². The molecule has 14 heteroatoms. The van der Waals surface area contributed by atoms with Crippen LogP contribution in [0.5, 0.6) is 0 Å². The number of nitrogens with zero attached hydrogens (tertiary/aromatic N) is 4. The molecule has 0 spiro atoms. The first kappa shape index (κ1) is 43.7. The summed E-state index contributed by atoms with van der Waals surface area (Å²) in [6.45, 7) is 7.31. The average Bonchev–Trinajstić information content (AvgIpc) is 3.68. The molecule has 8 rings (SSSR count). The van der Waals surface area contributed by atoms with Gasteiger partial charge in [0.05, 0.1) is 36.0 Å². The Morgan fingerprint density at radius 1 is 0.597 bits per heavy atom. The van der Waals surface area contributed by atoms with Crippen LogP contribution in [-0.4, -0.2) is 78.1 Å². The molecule has 4 aliphatic rings. The van der Waals surface area contributed by atoms with Crippen LogP contribution in [0.25, 0.3) is 12.2 Å². The Kier molecular flexibility index (Phi) is 13.2. The number of benzene rings is 2. The highest BCUT2D eigenvalue weighted by atomic mass is 16.3. The Labute approximate surface area is 360 Å². The number of aromatic nitrogens is 2. The largest absolute Gasteiger partial charge is 0.396 e. The van der Waals surface area contributed by atoms with E-state index in [9.17, 15) is 39.0 Å². The van der Waals surface area contributed by atoms with Crippen molar-refractivity contribution in [1.82, 2.24) is 18.9 Å². The lowest BCUT2D eigenvalue weighted by molar-refractivity contribution is -0.137. The van der Waals surface area contributed by atoms with Crippen LogP contribution in [0.2, 0.25) is 0 Å². The number of aliphatic hydroxyl groups is 2. The molecule has 0 radical (unpaired) electrons. The first-order valence-electron chi connectivity index (χ1n) is 21.3. The van der Waals surface area contributed by atoms with Crippen LogP contribution >= 0.6 is 0 Å². The number of hydrogen-bond acceptors (Lipinski definition) is 8. The Bertz CT molecular complexity index is 2320. The van der Waals surface area contributed by atoms with Gasteiger partial charge in [-0.15, -0.1) is 0 Å². The summed E-state index contributed by atoms with van der Waals surface area (Å²) in [5.74, 6) is -2.94. The van der Waals surface area contributed by atoms with Crippen molar-refractivity contribution in [2.45, 2.75) is 77.8 Å². The molecule has 324 valence electrons. The normalized spacial score (nSPS) is 24.3. The number of anilines is 2. The number of aliphatic hydroxyl groups excluding tert-OH is 2. The van der Waals surface area contributed by atoms with Gasteiger partial charge >= 0.3 is 0 Å². The Morgan fingerprint density at radius 3 is 1.29 bits per heavy atom. The van der Waals surface area contributed by atoms with E-state index in [2.05, 4.69) is 10.6 Å². The topological polar surface area (TPSA) is 183 Å². The number of fused-ring (bicyclic) bond motifs is 8. The van der Waals surface area contributed by atoms with Crippen LogP contribution in [0.4, 0.5) is 11.4 Å². The second-order valence-corrected chi connectivity index (χ2v) is 16.0. The quantitative estimate of drug-likeness (QED) is 0.175. The lowest BCUT2D eigenvalue weighted by Gasteiger charge is -2.38. The van der Waals surface area contributed by atoms with E-state index in [1.165, 1.54) is 0 Å². The van der Waals surface area contributed by atoms with Crippen molar-refractivity contribution in [3.05, 3.63) is 140 Å².